The van der Waals surface area contributed by atoms with E-state index < -0.39 is 0 Å². The molecule has 1 heterocycles. The number of hydrogen-bond donors (Lipinski definition) is 3. The van der Waals surface area contributed by atoms with Gasteiger partial charge < -0.3 is 16.0 Å². The summed E-state index contributed by atoms with van der Waals surface area (Å²) in [6, 6.07) is 9.18. The number of nitrogen functional groups attached to an aromatic ring is 1. The molecule has 0 atom stereocenters. The van der Waals surface area contributed by atoms with Crippen molar-refractivity contribution >= 4 is 24.3 Å². The van der Waals surface area contributed by atoms with Gasteiger partial charge in [0.05, 0.1) is 6.20 Å². The number of halogens is 1. The van der Waals surface area contributed by atoms with E-state index in [-0.39, 0.29) is 18.3 Å². The van der Waals surface area contributed by atoms with E-state index in [4.69, 9.17) is 5.73 Å². The van der Waals surface area contributed by atoms with E-state index >= 15 is 0 Å². The Morgan fingerprint density at radius 3 is 2.68 bits per heavy atom. The molecule has 0 aliphatic heterocycles. The number of aromatic nitrogens is 2. The quantitative estimate of drug-likeness (QED) is 0.730. The van der Waals surface area contributed by atoms with Gasteiger partial charge in [0.1, 0.15) is 0 Å². The molecule has 6 heteroatoms. The maximum absolute atomic E-state index is 11.7. The molecule has 1 aromatic carbocycles. The molecule has 0 unspecified atom stereocenters. The third-order valence-electron chi connectivity index (χ3n) is 2.59. The molecule has 0 radical (unpaired) electrons. The van der Waals surface area contributed by atoms with Crippen molar-refractivity contribution in [3.8, 4) is 0 Å². The second kappa shape index (κ2) is 7.43. The van der Waals surface area contributed by atoms with Gasteiger partial charge in [0.25, 0.3) is 5.91 Å². The van der Waals surface area contributed by atoms with E-state index in [1.165, 1.54) is 0 Å². The van der Waals surface area contributed by atoms with Crippen molar-refractivity contribution in [3.05, 3.63) is 47.8 Å². The fourth-order valence-electron chi connectivity index (χ4n) is 1.68. The predicted octanol–water partition coefficient (Wildman–Crippen LogP) is 1.78. The highest BCUT2D eigenvalue weighted by Crippen LogP contribution is 2.01. The largest absolute Gasteiger partial charge is 0.369 e. The van der Waals surface area contributed by atoms with Crippen LogP contribution in [0.3, 0.4) is 0 Å². The summed E-state index contributed by atoms with van der Waals surface area (Å²) in [4.78, 5) is 18.6. The lowest BCUT2D eigenvalue weighted by atomic mass is 10.2. The molecule has 4 N–H and O–H groups in total. The summed E-state index contributed by atoms with van der Waals surface area (Å²) in [6.45, 7) is 0.632. The van der Waals surface area contributed by atoms with Crippen LogP contribution in [0, 0.1) is 0 Å². The van der Waals surface area contributed by atoms with Crippen LogP contribution >= 0.6 is 12.4 Å². The maximum atomic E-state index is 11.7. The zero-order chi connectivity index (χ0) is 12.8. The van der Waals surface area contributed by atoms with Gasteiger partial charge in [-0.25, -0.2) is 4.98 Å². The van der Waals surface area contributed by atoms with E-state index in [9.17, 15) is 4.79 Å². The molecule has 0 spiro atoms. The summed E-state index contributed by atoms with van der Waals surface area (Å²) in [5.74, 6) is 0.387. The standard InChI is InChI=1S/C13H16N4O.ClH/c14-13-16-9-11(17-13)7-4-8-15-12(18)10-5-2-1-3-6-10;/h1-3,5-6,9H,4,7-8H2,(H,15,18)(H3,14,16,17);1H. The van der Waals surface area contributed by atoms with Crippen molar-refractivity contribution in [2.45, 2.75) is 12.8 Å². The van der Waals surface area contributed by atoms with Gasteiger partial charge in [0, 0.05) is 17.8 Å². The molecular formula is C13H17ClN4O. The number of carbonyl (C=O) groups is 1. The first kappa shape index (κ1) is 15.0. The predicted molar refractivity (Wildman–Crippen MR) is 77.3 cm³/mol. The zero-order valence-corrected chi connectivity index (χ0v) is 11.2. The molecule has 19 heavy (non-hydrogen) atoms. The minimum Gasteiger partial charge on any atom is -0.369 e. The molecule has 2 aromatic rings. The number of benzene rings is 1. The highest BCUT2D eigenvalue weighted by atomic mass is 35.5. The lowest BCUT2D eigenvalue weighted by Crippen LogP contribution is -2.24. The number of nitrogens with one attached hydrogen (secondary N) is 2. The van der Waals surface area contributed by atoms with Crippen molar-refractivity contribution in [3.63, 3.8) is 0 Å². The summed E-state index contributed by atoms with van der Waals surface area (Å²) in [7, 11) is 0. The number of aryl methyl sites for hydroxylation is 1. The smallest absolute Gasteiger partial charge is 0.251 e. The van der Waals surface area contributed by atoms with Crippen LogP contribution in [0.4, 0.5) is 5.95 Å². The van der Waals surface area contributed by atoms with E-state index in [1.807, 2.05) is 18.2 Å². The number of rotatable bonds is 5. The Morgan fingerprint density at radius 2 is 2.05 bits per heavy atom. The fourth-order valence-corrected chi connectivity index (χ4v) is 1.68. The lowest BCUT2D eigenvalue weighted by Gasteiger charge is -2.04. The van der Waals surface area contributed by atoms with Crippen LogP contribution in [0.5, 0.6) is 0 Å². The van der Waals surface area contributed by atoms with Crippen LogP contribution in [0.25, 0.3) is 0 Å². The highest BCUT2D eigenvalue weighted by molar-refractivity contribution is 5.94. The second-order valence-electron chi connectivity index (χ2n) is 4.02. The Morgan fingerprint density at radius 1 is 1.32 bits per heavy atom. The Hall–Kier alpha value is -2.01. The number of anilines is 1. The molecule has 0 aliphatic rings. The van der Waals surface area contributed by atoms with Crippen LogP contribution in [-0.2, 0) is 6.42 Å². The summed E-state index contributed by atoms with van der Waals surface area (Å²) < 4.78 is 0. The van der Waals surface area contributed by atoms with Crippen molar-refractivity contribution < 1.29 is 4.79 Å². The van der Waals surface area contributed by atoms with Gasteiger partial charge in [0.15, 0.2) is 5.95 Å². The number of carbonyl (C=O) groups excluding carboxylic acids is 1. The van der Waals surface area contributed by atoms with Crippen molar-refractivity contribution in [1.29, 1.82) is 0 Å². The number of hydrogen-bond acceptors (Lipinski definition) is 3. The molecule has 0 saturated heterocycles. The molecule has 0 fully saturated rings. The molecule has 0 aliphatic carbocycles. The summed E-state index contributed by atoms with van der Waals surface area (Å²) in [5, 5.41) is 2.87. The molecule has 0 saturated carbocycles. The minimum atomic E-state index is -0.0419. The molecule has 2 rings (SSSR count). The monoisotopic (exact) mass is 280 g/mol. The number of aromatic amines is 1. The number of imidazole rings is 1. The maximum Gasteiger partial charge on any atom is 0.251 e. The van der Waals surface area contributed by atoms with E-state index in [2.05, 4.69) is 15.3 Å². The Bertz CT molecular complexity index is 512. The Balaban J connectivity index is 0.00000180. The summed E-state index contributed by atoms with van der Waals surface area (Å²) >= 11 is 0. The first-order valence-electron chi connectivity index (χ1n) is 5.88. The molecule has 1 aromatic heterocycles. The SMILES string of the molecule is Cl.Nc1ncc(CCCNC(=O)c2ccccc2)[nH]1. The number of H-pyrrole nitrogens is 1. The molecule has 5 nitrogen and oxygen atoms in total. The van der Waals surface area contributed by atoms with E-state index in [1.54, 1.807) is 18.3 Å². The van der Waals surface area contributed by atoms with Crippen molar-refractivity contribution in [2.75, 3.05) is 12.3 Å². The zero-order valence-electron chi connectivity index (χ0n) is 10.4. The van der Waals surface area contributed by atoms with Gasteiger partial charge in [-0.3, -0.25) is 4.79 Å². The van der Waals surface area contributed by atoms with Gasteiger partial charge in [-0.2, -0.15) is 0 Å². The van der Waals surface area contributed by atoms with Crippen LogP contribution in [-0.4, -0.2) is 22.4 Å². The highest BCUT2D eigenvalue weighted by Gasteiger charge is 2.03. The second-order valence-corrected chi connectivity index (χ2v) is 4.02. The van der Waals surface area contributed by atoms with Gasteiger partial charge in [-0.05, 0) is 25.0 Å². The van der Waals surface area contributed by atoms with Crippen LogP contribution < -0.4 is 11.1 Å². The Labute approximate surface area is 118 Å². The summed E-state index contributed by atoms with van der Waals surface area (Å²) in [5.41, 5.74) is 7.14. The van der Waals surface area contributed by atoms with Gasteiger partial charge in [-0.15, -0.1) is 12.4 Å². The molecule has 0 bridgehead atoms. The fraction of sp³-hybridized carbons (Fsp3) is 0.231. The lowest BCUT2D eigenvalue weighted by molar-refractivity contribution is 0.0953. The Kier molecular flexibility index (Phi) is 5.89. The third-order valence-corrected chi connectivity index (χ3v) is 2.59. The molecule has 1 amide bonds. The van der Waals surface area contributed by atoms with Crippen molar-refractivity contribution in [1.82, 2.24) is 15.3 Å². The number of nitrogens with two attached hydrogens (primary N) is 1. The normalized spacial score (nSPS) is 9.68. The van der Waals surface area contributed by atoms with E-state index in [0.717, 1.165) is 18.5 Å². The van der Waals surface area contributed by atoms with Gasteiger partial charge >= 0.3 is 0 Å². The van der Waals surface area contributed by atoms with Gasteiger partial charge in [-0.1, -0.05) is 18.2 Å². The van der Waals surface area contributed by atoms with Crippen LogP contribution in [0.1, 0.15) is 22.5 Å². The number of amides is 1. The molecule has 102 valence electrons. The minimum absolute atomic E-state index is 0. The average molecular weight is 281 g/mol. The molecular weight excluding hydrogens is 264 g/mol. The van der Waals surface area contributed by atoms with Gasteiger partial charge in [0.2, 0.25) is 0 Å². The topological polar surface area (TPSA) is 83.8 Å². The third kappa shape index (κ3) is 4.63. The van der Waals surface area contributed by atoms with Crippen LogP contribution in [0.2, 0.25) is 0 Å². The number of nitrogens with zero attached hydrogens (tertiary/aromatic N) is 1. The summed E-state index contributed by atoms with van der Waals surface area (Å²) in [6.07, 6.45) is 3.38. The van der Waals surface area contributed by atoms with E-state index in [0.29, 0.717) is 18.1 Å². The first-order chi connectivity index (χ1) is 8.75. The average Bonchev–Trinajstić information content (AvgIpc) is 2.81. The van der Waals surface area contributed by atoms with Crippen molar-refractivity contribution in [2.24, 2.45) is 0 Å². The van der Waals surface area contributed by atoms with Crippen LogP contribution in [0.15, 0.2) is 36.5 Å². The first-order valence-corrected chi connectivity index (χ1v) is 5.88.